The van der Waals surface area contributed by atoms with Crippen LogP contribution in [0.15, 0.2) is 6.07 Å². The van der Waals surface area contributed by atoms with Crippen LogP contribution in [0.1, 0.15) is 37.2 Å². The number of anilines is 1. The molecule has 1 aliphatic heterocycles. The van der Waals surface area contributed by atoms with Crippen molar-refractivity contribution in [3.63, 3.8) is 0 Å². The van der Waals surface area contributed by atoms with Gasteiger partial charge in [-0.1, -0.05) is 0 Å². The van der Waals surface area contributed by atoms with E-state index in [1.807, 2.05) is 13.0 Å². The summed E-state index contributed by atoms with van der Waals surface area (Å²) in [5.74, 6) is 2.75. The maximum Gasteiger partial charge on any atom is 0.225 e. The highest BCUT2D eigenvalue weighted by molar-refractivity contribution is 5.81. The minimum absolute atomic E-state index is 0.323. The second-order valence-electron chi connectivity index (χ2n) is 6.44. The standard InChI is InChI=1S/C16H25N5O/c1-11-19-14(8-17)7-15(20-11)18-9-12-3-2-6-21(10-12)16(22)13-4-5-13/h7,12-13H,2-6,8-10,17H2,1H3,(H,18,19,20). The molecule has 1 aliphatic carbocycles. The first-order valence-corrected chi connectivity index (χ1v) is 8.23. The summed E-state index contributed by atoms with van der Waals surface area (Å²) in [6, 6.07) is 1.91. The SMILES string of the molecule is Cc1nc(CN)cc(NCC2CCCN(C(=O)C3CC3)C2)n1. The van der Waals surface area contributed by atoms with Gasteiger partial charge in [0.1, 0.15) is 11.6 Å². The Labute approximate surface area is 131 Å². The third kappa shape index (κ3) is 3.74. The second-order valence-corrected chi connectivity index (χ2v) is 6.44. The van der Waals surface area contributed by atoms with Crippen LogP contribution < -0.4 is 11.1 Å². The Kier molecular flexibility index (Phi) is 4.57. The van der Waals surface area contributed by atoms with E-state index in [-0.39, 0.29) is 0 Å². The van der Waals surface area contributed by atoms with E-state index < -0.39 is 0 Å². The van der Waals surface area contributed by atoms with E-state index >= 15 is 0 Å². The van der Waals surface area contributed by atoms with Crippen molar-refractivity contribution in [1.29, 1.82) is 0 Å². The number of hydrogen-bond acceptors (Lipinski definition) is 5. The number of piperidine rings is 1. The highest BCUT2D eigenvalue weighted by atomic mass is 16.2. The number of carbonyl (C=O) groups is 1. The highest BCUT2D eigenvalue weighted by Crippen LogP contribution is 2.32. The molecule has 1 amide bonds. The van der Waals surface area contributed by atoms with Gasteiger partial charge in [0, 0.05) is 38.2 Å². The van der Waals surface area contributed by atoms with Crippen molar-refractivity contribution in [3.05, 3.63) is 17.6 Å². The molecule has 1 saturated carbocycles. The van der Waals surface area contributed by atoms with Gasteiger partial charge in [-0.15, -0.1) is 0 Å². The normalized spacial score (nSPS) is 21.7. The van der Waals surface area contributed by atoms with Crippen molar-refractivity contribution in [2.45, 2.75) is 39.2 Å². The Morgan fingerprint density at radius 3 is 2.95 bits per heavy atom. The minimum atomic E-state index is 0.323. The molecule has 1 aromatic heterocycles. The zero-order valence-electron chi connectivity index (χ0n) is 13.2. The lowest BCUT2D eigenvalue weighted by atomic mass is 9.97. The van der Waals surface area contributed by atoms with Crippen LogP contribution in [-0.4, -0.2) is 40.4 Å². The molecule has 0 aromatic carbocycles. The number of nitrogens with zero attached hydrogens (tertiary/aromatic N) is 3. The van der Waals surface area contributed by atoms with E-state index in [1.165, 1.54) is 0 Å². The molecule has 1 unspecified atom stereocenters. The molecule has 3 N–H and O–H groups in total. The first kappa shape index (κ1) is 15.2. The molecule has 3 rings (SSSR count). The summed E-state index contributed by atoms with van der Waals surface area (Å²) in [5, 5.41) is 3.39. The summed E-state index contributed by atoms with van der Waals surface area (Å²) in [7, 11) is 0. The maximum atomic E-state index is 12.2. The minimum Gasteiger partial charge on any atom is -0.370 e. The number of carbonyl (C=O) groups excluding carboxylic acids is 1. The molecule has 6 nitrogen and oxygen atoms in total. The summed E-state index contributed by atoms with van der Waals surface area (Å²) in [5.41, 5.74) is 6.50. The van der Waals surface area contributed by atoms with Crippen LogP contribution in [0, 0.1) is 18.8 Å². The van der Waals surface area contributed by atoms with E-state index in [1.54, 1.807) is 0 Å². The van der Waals surface area contributed by atoms with Crippen LogP contribution >= 0.6 is 0 Å². The zero-order valence-corrected chi connectivity index (χ0v) is 13.2. The number of amides is 1. The van der Waals surface area contributed by atoms with Crippen molar-refractivity contribution >= 4 is 11.7 Å². The van der Waals surface area contributed by atoms with Gasteiger partial charge in [-0.25, -0.2) is 9.97 Å². The second kappa shape index (κ2) is 6.60. The Bertz CT molecular complexity index is 543. The first-order valence-electron chi connectivity index (χ1n) is 8.23. The third-order valence-electron chi connectivity index (χ3n) is 4.43. The molecule has 2 fully saturated rings. The molecule has 2 heterocycles. The largest absolute Gasteiger partial charge is 0.370 e. The first-order chi connectivity index (χ1) is 10.7. The average Bonchev–Trinajstić information content (AvgIpc) is 3.37. The number of likely N-dealkylation sites (tertiary alicyclic amines) is 1. The van der Waals surface area contributed by atoms with Gasteiger partial charge in [-0.2, -0.15) is 0 Å². The van der Waals surface area contributed by atoms with Crippen LogP contribution in [0.25, 0.3) is 0 Å². The van der Waals surface area contributed by atoms with Crippen LogP contribution in [0.3, 0.4) is 0 Å². The summed E-state index contributed by atoms with van der Waals surface area (Å²) in [6.07, 6.45) is 4.43. The number of nitrogens with two attached hydrogens (primary N) is 1. The molecular formula is C16H25N5O. The van der Waals surface area contributed by atoms with Crippen molar-refractivity contribution < 1.29 is 4.79 Å². The predicted molar refractivity (Wildman–Crippen MR) is 85.2 cm³/mol. The Morgan fingerprint density at radius 1 is 1.41 bits per heavy atom. The van der Waals surface area contributed by atoms with Crippen molar-refractivity contribution in [2.75, 3.05) is 25.0 Å². The fraction of sp³-hybridized carbons (Fsp3) is 0.688. The predicted octanol–water partition coefficient (Wildman–Crippen LogP) is 1.30. The van der Waals surface area contributed by atoms with Crippen LogP contribution in [0.4, 0.5) is 5.82 Å². The Morgan fingerprint density at radius 2 is 2.23 bits per heavy atom. The zero-order chi connectivity index (χ0) is 15.5. The smallest absolute Gasteiger partial charge is 0.225 e. The van der Waals surface area contributed by atoms with E-state index in [9.17, 15) is 4.79 Å². The monoisotopic (exact) mass is 303 g/mol. The van der Waals surface area contributed by atoms with E-state index in [2.05, 4.69) is 20.2 Å². The lowest BCUT2D eigenvalue weighted by Gasteiger charge is -2.33. The van der Waals surface area contributed by atoms with Crippen LogP contribution in [0.2, 0.25) is 0 Å². The van der Waals surface area contributed by atoms with Gasteiger partial charge in [0.25, 0.3) is 0 Å². The molecule has 22 heavy (non-hydrogen) atoms. The van der Waals surface area contributed by atoms with Gasteiger partial charge >= 0.3 is 0 Å². The van der Waals surface area contributed by atoms with Gasteiger partial charge in [0.05, 0.1) is 5.69 Å². The van der Waals surface area contributed by atoms with E-state index in [0.29, 0.717) is 24.3 Å². The summed E-state index contributed by atoms with van der Waals surface area (Å²) in [6.45, 7) is 4.94. The van der Waals surface area contributed by atoms with Gasteiger partial charge in [0.2, 0.25) is 5.91 Å². The quantitative estimate of drug-likeness (QED) is 0.856. The number of aromatic nitrogens is 2. The molecule has 1 aromatic rings. The lowest BCUT2D eigenvalue weighted by Crippen LogP contribution is -2.42. The lowest BCUT2D eigenvalue weighted by molar-refractivity contribution is -0.134. The van der Waals surface area contributed by atoms with Crippen LogP contribution in [0.5, 0.6) is 0 Å². The molecule has 120 valence electrons. The number of hydrogen-bond donors (Lipinski definition) is 2. The molecule has 1 saturated heterocycles. The molecule has 2 aliphatic rings. The average molecular weight is 303 g/mol. The molecule has 0 spiro atoms. The fourth-order valence-corrected chi connectivity index (χ4v) is 3.09. The number of nitrogens with one attached hydrogen (secondary N) is 1. The number of rotatable bonds is 5. The Balaban J connectivity index is 1.54. The van der Waals surface area contributed by atoms with Gasteiger partial charge < -0.3 is 16.0 Å². The summed E-state index contributed by atoms with van der Waals surface area (Å²) >= 11 is 0. The molecule has 0 radical (unpaired) electrons. The summed E-state index contributed by atoms with van der Waals surface area (Å²) in [4.78, 5) is 22.9. The molecular weight excluding hydrogens is 278 g/mol. The van der Waals surface area contributed by atoms with E-state index in [4.69, 9.17) is 5.73 Å². The van der Waals surface area contributed by atoms with Gasteiger partial charge in [0.15, 0.2) is 0 Å². The van der Waals surface area contributed by atoms with Crippen molar-refractivity contribution in [3.8, 4) is 0 Å². The maximum absolute atomic E-state index is 12.2. The molecule has 6 heteroatoms. The Hall–Kier alpha value is -1.69. The van der Waals surface area contributed by atoms with Crippen molar-refractivity contribution in [2.24, 2.45) is 17.6 Å². The van der Waals surface area contributed by atoms with Gasteiger partial charge in [-0.3, -0.25) is 4.79 Å². The molecule has 0 bridgehead atoms. The molecule has 1 atom stereocenters. The van der Waals surface area contributed by atoms with Crippen LogP contribution in [-0.2, 0) is 11.3 Å². The van der Waals surface area contributed by atoms with E-state index in [0.717, 1.165) is 62.7 Å². The third-order valence-corrected chi connectivity index (χ3v) is 4.43. The van der Waals surface area contributed by atoms with Crippen molar-refractivity contribution in [1.82, 2.24) is 14.9 Å². The summed E-state index contributed by atoms with van der Waals surface area (Å²) < 4.78 is 0. The topological polar surface area (TPSA) is 84.1 Å². The van der Waals surface area contributed by atoms with Gasteiger partial charge in [-0.05, 0) is 38.5 Å². The fourth-order valence-electron chi connectivity index (χ4n) is 3.09. The number of aryl methyl sites for hydroxylation is 1. The highest BCUT2D eigenvalue weighted by Gasteiger charge is 2.35.